The van der Waals surface area contributed by atoms with E-state index in [1.54, 1.807) is 0 Å². The fourth-order valence-electron chi connectivity index (χ4n) is 2.72. The molecule has 13 heavy (non-hydrogen) atoms. The first kappa shape index (κ1) is 9.51. The summed E-state index contributed by atoms with van der Waals surface area (Å²) in [5.74, 6) is 2.36. The highest BCUT2D eigenvalue weighted by Gasteiger charge is 2.30. The maximum Gasteiger partial charge on any atom is 0.0571 e. The molecule has 0 aromatic heterocycles. The zero-order chi connectivity index (χ0) is 9.26. The van der Waals surface area contributed by atoms with Crippen LogP contribution >= 0.6 is 0 Å². The van der Waals surface area contributed by atoms with Gasteiger partial charge in [0.05, 0.1) is 6.10 Å². The van der Waals surface area contributed by atoms with E-state index in [-0.39, 0.29) is 6.10 Å². The molecule has 0 spiro atoms. The van der Waals surface area contributed by atoms with Crippen molar-refractivity contribution < 1.29 is 5.11 Å². The maximum atomic E-state index is 10.0. The molecule has 2 rings (SSSR count). The third-order valence-electron chi connectivity index (χ3n) is 3.79. The molecule has 2 saturated carbocycles. The number of aliphatic hydroxyl groups is 1. The Morgan fingerprint density at radius 3 is 2.62 bits per heavy atom. The Hall–Kier alpha value is -0.0400. The molecule has 1 heteroatoms. The Labute approximate surface area is 81.5 Å². The van der Waals surface area contributed by atoms with Crippen molar-refractivity contribution in [3.8, 4) is 0 Å². The Morgan fingerprint density at radius 2 is 2.00 bits per heavy atom. The smallest absolute Gasteiger partial charge is 0.0571 e. The summed E-state index contributed by atoms with van der Waals surface area (Å²) in [7, 11) is 0. The van der Waals surface area contributed by atoms with E-state index in [9.17, 15) is 5.11 Å². The van der Waals surface area contributed by atoms with Gasteiger partial charge in [0.2, 0.25) is 0 Å². The van der Waals surface area contributed by atoms with E-state index in [1.165, 1.54) is 38.5 Å². The van der Waals surface area contributed by atoms with Crippen LogP contribution in [-0.4, -0.2) is 11.2 Å². The van der Waals surface area contributed by atoms with Crippen LogP contribution in [0.15, 0.2) is 0 Å². The molecule has 0 aliphatic heterocycles. The van der Waals surface area contributed by atoms with Gasteiger partial charge in [-0.05, 0) is 37.0 Å². The third kappa shape index (κ3) is 2.70. The first-order valence-electron chi connectivity index (χ1n) is 5.93. The summed E-state index contributed by atoms with van der Waals surface area (Å²) >= 11 is 0. The molecule has 0 aromatic carbocycles. The molecular formula is C12H22O. The van der Waals surface area contributed by atoms with Crippen molar-refractivity contribution in [2.75, 3.05) is 0 Å². The van der Waals surface area contributed by atoms with Crippen molar-refractivity contribution in [2.24, 2.45) is 17.8 Å². The van der Waals surface area contributed by atoms with Crippen LogP contribution in [0.3, 0.4) is 0 Å². The predicted octanol–water partition coefficient (Wildman–Crippen LogP) is 2.97. The van der Waals surface area contributed by atoms with Gasteiger partial charge in [-0.25, -0.2) is 0 Å². The van der Waals surface area contributed by atoms with Gasteiger partial charge in [-0.2, -0.15) is 0 Å². The molecule has 2 fully saturated rings. The van der Waals surface area contributed by atoms with Gasteiger partial charge in [0.1, 0.15) is 0 Å². The van der Waals surface area contributed by atoms with Gasteiger partial charge in [0.25, 0.3) is 0 Å². The van der Waals surface area contributed by atoms with E-state index in [0.717, 1.165) is 18.3 Å². The molecule has 2 aliphatic rings. The molecule has 0 aromatic rings. The average Bonchev–Trinajstić information content (AvgIpc) is 2.88. The predicted molar refractivity (Wildman–Crippen MR) is 54.5 cm³/mol. The highest BCUT2D eigenvalue weighted by Crippen LogP contribution is 2.38. The summed E-state index contributed by atoms with van der Waals surface area (Å²) in [6, 6.07) is 0. The third-order valence-corrected chi connectivity index (χ3v) is 3.79. The lowest BCUT2D eigenvalue weighted by Gasteiger charge is -2.30. The van der Waals surface area contributed by atoms with Crippen LogP contribution in [0.1, 0.15) is 51.9 Å². The largest absolute Gasteiger partial charge is 0.393 e. The quantitative estimate of drug-likeness (QED) is 0.711. The molecule has 3 unspecified atom stereocenters. The highest BCUT2D eigenvalue weighted by atomic mass is 16.3. The normalized spacial score (nSPS) is 37.4. The molecule has 3 atom stereocenters. The molecule has 2 aliphatic carbocycles. The van der Waals surface area contributed by atoms with Crippen molar-refractivity contribution in [2.45, 2.75) is 58.0 Å². The van der Waals surface area contributed by atoms with E-state index in [2.05, 4.69) is 6.92 Å². The molecular weight excluding hydrogens is 160 g/mol. The van der Waals surface area contributed by atoms with Crippen molar-refractivity contribution in [1.82, 2.24) is 0 Å². The lowest BCUT2D eigenvalue weighted by atomic mass is 9.78. The van der Waals surface area contributed by atoms with Crippen LogP contribution in [-0.2, 0) is 0 Å². The van der Waals surface area contributed by atoms with E-state index < -0.39 is 0 Å². The minimum Gasteiger partial charge on any atom is -0.393 e. The van der Waals surface area contributed by atoms with Gasteiger partial charge in [-0.15, -0.1) is 0 Å². The fourth-order valence-corrected chi connectivity index (χ4v) is 2.72. The van der Waals surface area contributed by atoms with Crippen molar-refractivity contribution in [3.63, 3.8) is 0 Å². The first-order chi connectivity index (χ1) is 6.25. The Morgan fingerprint density at radius 1 is 1.23 bits per heavy atom. The monoisotopic (exact) mass is 182 g/mol. The Kier molecular flexibility index (Phi) is 2.92. The van der Waals surface area contributed by atoms with Crippen LogP contribution in [0.25, 0.3) is 0 Å². The van der Waals surface area contributed by atoms with E-state index >= 15 is 0 Å². The van der Waals surface area contributed by atoms with Gasteiger partial charge in [0.15, 0.2) is 0 Å². The SMILES string of the molecule is CC1CCCC(C(O)CC2CC2)C1. The average molecular weight is 182 g/mol. The van der Waals surface area contributed by atoms with Gasteiger partial charge >= 0.3 is 0 Å². The molecule has 0 radical (unpaired) electrons. The summed E-state index contributed by atoms with van der Waals surface area (Å²) in [5.41, 5.74) is 0. The van der Waals surface area contributed by atoms with Crippen molar-refractivity contribution in [1.29, 1.82) is 0 Å². The maximum absolute atomic E-state index is 10.0. The molecule has 0 heterocycles. The van der Waals surface area contributed by atoms with Crippen LogP contribution < -0.4 is 0 Å². The second-order valence-corrected chi connectivity index (χ2v) is 5.28. The number of hydrogen-bond donors (Lipinski definition) is 1. The first-order valence-corrected chi connectivity index (χ1v) is 5.93. The topological polar surface area (TPSA) is 20.2 Å². The zero-order valence-electron chi connectivity index (χ0n) is 8.71. The standard InChI is InChI=1S/C12H22O/c1-9-3-2-4-11(7-9)12(13)8-10-5-6-10/h9-13H,2-8H2,1H3. The second kappa shape index (κ2) is 4.00. The van der Waals surface area contributed by atoms with Gasteiger partial charge in [-0.1, -0.05) is 32.6 Å². The summed E-state index contributed by atoms with van der Waals surface area (Å²) in [4.78, 5) is 0. The van der Waals surface area contributed by atoms with E-state index in [4.69, 9.17) is 0 Å². The van der Waals surface area contributed by atoms with Gasteiger partial charge in [-0.3, -0.25) is 0 Å². The Bertz CT molecular complexity index is 163. The molecule has 76 valence electrons. The highest BCUT2D eigenvalue weighted by molar-refractivity contribution is 4.82. The molecule has 1 nitrogen and oxygen atoms in total. The summed E-state index contributed by atoms with van der Waals surface area (Å²) < 4.78 is 0. The minimum atomic E-state index is 0.0234. The summed E-state index contributed by atoms with van der Waals surface area (Å²) in [5, 5.41) is 10.0. The van der Waals surface area contributed by atoms with Crippen LogP contribution in [0, 0.1) is 17.8 Å². The van der Waals surface area contributed by atoms with Crippen LogP contribution in [0.5, 0.6) is 0 Å². The number of hydrogen-bond acceptors (Lipinski definition) is 1. The van der Waals surface area contributed by atoms with Crippen molar-refractivity contribution in [3.05, 3.63) is 0 Å². The minimum absolute atomic E-state index is 0.0234. The van der Waals surface area contributed by atoms with E-state index in [0.29, 0.717) is 5.92 Å². The Balaban J connectivity index is 1.76. The molecule has 1 N–H and O–H groups in total. The van der Waals surface area contributed by atoms with Crippen LogP contribution in [0.4, 0.5) is 0 Å². The molecule has 0 bridgehead atoms. The molecule has 0 amide bonds. The number of rotatable bonds is 3. The van der Waals surface area contributed by atoms with Gasteiger partial charge in [0, 0.05) is 0 Å². The van der Waals surface area contributed by atoms with E-state index in [1.807, 2.05) is 0 Å². The van der Waals surface area contributed by atoms with Gasteiger partial charge < -0.3 is 5.11 Å². The summed E-state index contributed by atoms with van der Waals surface area (Å²) in [6.45, 7) is 2.33. The lowest BCUT2D eigenvalue weighted by molar-refractivity contribution is 0.0604. The fraction of sp³-hybridized carbons (Fsp3) is 1.00. The lowest BCUT2D eigenvalue weighted by Crippen LogP contribution is -2.26. The van der Waals surface area contributed by atoms with Crippen LogP contribution in [0.2, 0.25) is 0 Å². The van der Waals surface area contributed by atoms with Crippen molar-refractivity contribution >= 4 is 0 Å². The summed E-state index contributed by atoms with van der Waals surface area (Å²) in [6.07, 6.45) is 9.14. The second-order valence-electron chi connectivity index (χ2n) is 5.28. The number of aliphatic hydroxyl groups excluding tert-OH is 1. The molecule has 0 saturated heterocycles. The zero-order valence-corrected chi connectivity index (χ0v) is 8.71.